The molecular weight excluding hydrogens is 199 g/mol. The Labute approximate surface area is 100 Å². The summed E-state index contributed by atoms with van der Waals surface area (Å²) in [5, 5.41) is 9.96. The van der Waals surface area contributed by atoms with E-state index in [1.165, 1.54) is 11.9 Å². The van der Waals surface area contributed by atoms with Crippen LogP contribution in [0.4, 0.5) is 0 Å². The molecule has 0 bridgehead atoms. The Morgan fingerprint density at radius 2 is 2.00 bits per heavy atom. The summed E-state index contributed by atoms with van der Waals surface area (Å²) < 4.78 is 5.74. The van der Waals surface area contributed by atoms with Crippen molar-refractivity contribution in [2.45, 2.75) is 65.1 Å². The number of hydrogen-bond donors (Lipinski definition) is 1. The van der Waals surface area contributed by atoms with E-state index < -0.39 is 11.2 Å². The highest BCUT2D eigenvalue weighted by Gasteiger charge is 2.36. The van der Waals surface area contributed by atoms with Crippen molar-refractivity contribution in [3.05, 3.63) is 11.5 Å². The molecular formula is C13H24BO2. The molecule has 2 nitrogen and oxygen atoms in total. The second-order valence-electron chi connectivity index (χ2n) is 5.97. The van der Waals surface area contributed by atoms with Crippen LogP contribution in [0.25, 0.3) is 0 Å². The van der Waals surface area contributed by atoms with Crippen molar-refractivity contribution in [2.24, 2.45) is 5.92 Å². The minimum Gasteiger partial charge on any atom is -0.427 e. The molecule has 0 spiro atoms. The van der Waals surface area contributed by atoms with Gasteiger partial charge in [0.25, 0.3) is 0 Å². The highest BCUT2D eigenvalue weighted by molar-refractivity contribution is 6.38. The van der Waals surface area contributed by atoms with E-state index in [1.54, 1.807) is 13.8 Å². The van der Waals surface area contributed by atoms with Gasteiger partial charge in [-0.1, -0.05) is 18.5 Å². The van der Waals surface area contributed by atoms with Gasteiger partial charge in [0.05, 0.1) is 11.2 Å². The molecule has 0 saturated carbocycles. The van der Waals surface area contributed by atoms with E-state index in [4.69, 9.17) is 4.65 Å². The van der Waals surface area contributed by atoms with Gasteiger partial charge in [-0.25, -0.2) is 0 Å². The zero-order valence-corrected chi connectivity index (χ0v) is 11.2. The van der Waals surface area contributed by atoms with E-state index in [-0.39, 0.29) is 0 Å². The van der Waals surface area contributed by atoms with E-state index in [9.17, 15) is 5.11 Å². The van der Waals surface area contributed by atoms with Gasteiger partial charge in [0.15, 0.2) is 0 Å². The minimum absolute atomic E-state index is 0.561. The van der Waals surface area contributed by atoms with Crippen LogP contribution in [0.15, 0.2) is 11.5 Å². The second kappa shape index (κ2) is 4.93. The van der Waals surface area contributed by atoms with Gasteiger partial charge in [-0.3, -0.25) is 0 Å². The van der Waals surface area contributed by atoms with Gasteiger partial charge in [0.2, 0.25) is 0 Å². The van der Waals surface area contributed by atoms with Gasteiger partial charge < -0.3 is 9.76 Å². The second-order valence-corrected chi connectivity index (χ2v) is 5.97. The average molecular weight is 223 g/mol. The zero-order valence-electron chi connectivity index (χ0n) is 11.2. The third-order valence-electron chi connectivity index (χ3n) is 3.63. The van der Waals surface area contributed by atoms with Gasteiger partial charge >= 0.3 is 7.48 Å². The summed E-state index contributed by atoms with van der Waals surface area (Å²) in [5.74, 6) is 0.741. The molecule has 1 aliphatic rings. The lowest BCUT2D eigenvalue weighted by molar-refractivity contribution is -0.0897. The molecule has 0 aromatic rings. The highest BCUT2D eigenvalue weighted by atomic mass is 16.5. The topological polar surface area (TPSA) is 29.5 Å². The van der Waals surface area contributed by atoms with Crippen LogP contribution in [-0.2, 0) is 4.65 Å². The fraction of sp³-hybridized carbons (Fsp3) is 0.846. The van der Waals surface area contributed by atoms with Crippen LogP contribution >= 0.6 is 0 Å². The van der Waals surface area contributed by atoms with Crippen LogP contribution in [0.3, 0.4) is 0 Å². The summed E-state index contributed by atoms with van der Waals surface area (Å²) in [5.41, 5.74) is -0.144. The summed E-state index contributed by atoms with van der Waals surface area (Å²) in [6.45, 7) is 9.64. The largest absolute Gasteiger partial charge is 0.427 e. The summed E-state index contributed by atoms with van der Waals surface area (Å²) in [6, 6.07) is 0. The first-order valence-electron chi connectivity index (χ1n) is 6.15. The van der Waals surface area contributed by atoms with Crippen LogP contribution in [0.1, 0.15) is 53.9 Å². The Bertz CT molecular complexity index is 264. The maximum Gasteiger partial charge on any atom is 0.326 e. The van der Waals surface area contributed by atoms with Crippen LogP contribution < -0.4 is 0 Å². The molecule has 1 radical (unpaired) electrons. The normalized spacial score (nSPS) is 22.9. The Kier molecular flexibility index (Phi) is 4.25. The highest BCUT2D eigenvalue weighted by Crippen LogP contribution is 2.27. The zero-order chi connectivity index (χ0) is 12.4. The maximum absolute atomic E-state index is 9.96. The molecule has 1 atom stereocenters. The molecule has 0 aromatic heterocycles. The summed E-state index contributed by atoms with van der Waals surface area (Å²) in [4.78, 5) is 0. The molecule has 16 heavy (non-hydrogen) atoms. The Morgan fingerprint density at radius 1 is 1.38 bits per heavy atom. The molecule has 1 N–H and O–H groups in total. The van der Waals surface area contributed by atoms with Crippen molar-refractivity contribution in [1.82, 2.24) is 0 Å². The van der Waals surface area contributed by atoms with Gasteiger partial charge in [0, 0.05) is 0 Å². The molecule has 0 aromatic carbocycles. The quantitative estimate of drug-likeness (QED) is 0.742. The third-order valence-corrected chi connectivity index (χ3v) is 3.63. The van der Waals surface area contributed by atoms with E-state index in [1.807, 2.05) is 21.3 Å². The van der Waals surface area contributed by atoms with Crippen LogP contribution in [0.2, 0.25) is 0 Å². The predicted octanol–water partition coefficient (Wildman–Crippen LogP) is 2.88. The van der Waals surface area contributed by atoms with Crippen LogP contribution in [0.5, 0.6) is 0 Å². The van der Waals surface area contributed by atoms with Crippen molar-refractivity contribution >= 4 is 7.48 Å². The Balaban J connectivity index is 2.48. The number of aliphatic hydroxyl groups is 1. The standard InChI is InChI=1S/C13H24BO2/c1-10-7-6-8-11(9-10)14-16-13(4,5)12(2,3)15/h8,10,15H,6-7,9H2,1-5H3/t10-/m0/s1. The Morgan fingerprint density at radius 3 is 2.50 bits per heavy atom. The SMILES string of the molecule is C[C@H]1CCC=C([B]OC(C)(C)C(C)(C)O)C1. The molecule has 0 amide bonds. The molecule has 0 unspecified atom stereocenters. The van der Waals surface area contributed by atoms with Crippen molar-refractivity contribution in [2.75, 3.05) is 0 Å². The molecule has 1 aliphatic carbocycles. The van der Waals surface area contributed by atoms with Gasteiger partial charge in [-0.2, -0.15) is 0 Å². The smallest absolute Gasteiger partial charge is 0.326 e. The lowest BCUT2D eigenvalue weighted by atomic mass is 9.74. The Hall–Kier alpha value is -0.275. The van der Waals surface area contributed by atoms with Crippen molar-refractivity contribution in [1.29, 1.82) is 0 Å². The van der Waals surface area contributed by atoms with E-state index >= 15 is 0 Å². The van der Waals surface area contributed by atoms with Gasteiger partial charge in [0.1, 0.15) is 0 Å². The van der Waals surface area contributed by atoms with E-state index in [0.717, 1.165) is 18.8 Å². The van der Waals surface area contributed by atoms with Crippen LogP contribution in [0, 0.1) is 5.92 Å². The predicted molar refractivity (Wildman–Crippen MR) is 68.3 cm³/mol. The van der Waals surface area contributed by atoms with Gasteiger partial charge in [-0.05, 0) is 52.9 Å². The first-order chi connectivity index (χ1) is 7.22. The summed E-state index contributed by atoms with van der Waals surface area (Å²) >= 11 is 0. The minimum atomic E-state index is -0.843. The van der Waals surface area contributed by atoms with E-state index in [0.29, 0.717) is 0 Å². The number of rotatable bonds is 4. The fourth-order valence-electron chi connectivity index (χ4n) is 1.60. The third kappa shape index (κ3) is 3.64. The van der Waals surface area contributed by atoms with Crippen molar-refractivity contribution in [3.63, 3.8) is 0 Å². The van der Waals surface area contributed by atoms with Crippen LogP contribution in [-0.4, -0.2) is 23.8 Å². The number of hydrogen-bond acceptors (Lipinski definition) is 2. The monoisotopic (exact) mass is 223 g/mol. The summed E-state index contributed by atoms with van der Waals surface area (Å²) in [7, 11) is 1.83. The lowest BCUT2D eigenvalue weighted by Crippen LogP contribution is -2.48. The fourth-order valence-corrected chi connectivity index (χ4v) is 1.60. The molecule has 1 rings (SSSR count). The molecule has 3 heteroatoms. The van der Waals surface area contributed by atoms with Crippen molar-refractivity contribution < 1.29 is 9.76 Å². The summed E-state index contributed by atoms with van der Waals surface area (Å²) in [6.07, 6.45) is 5.73. The molecule has 0 saturated heterocycles. The molecule has 0 aliphatic heterocycles. The first-order valence-corrected chi connectivity index (χ1v) is 6.15. The van der Waals surface area contributed by atoms with Gasteiger partial charge in [-0.15, -0.1) is 0 Å². The van der Waals surface area contributed by atoms with Crippen molar-refractivity contribution in [3.8, 4) is 0 Å². The molecule has 91 valence electrons. The number of allylic oxidation sites excluding steroid dienone is 2. The lowest BCUT2D eigenvalue weighted by Gasteiger charge is -2.38. The average Bonchev–Trinajstić information content (AvgIpc) is 2.13. The maximum atomic E-state index is 9.96. The molecule has 0 fully saturated rings. The first kappa shape index (κ1) is 13.8. The molecule has 0 heterocycles. The van der Waals surface area contributed by atoms with E-state index in [2.05, 4.69) is 13.0 Å².